The quantitative estimate of drug-likeness (QED) is 0.778. The molecule has 1 aliphatic rings. The van der Waals surface area contributed by atoms with Crippen LogP contribution in [0, 0.1) is 23.0 Å². The largest absolute Gasteiger partial charge is 0.379 e. The lowest BCUT2D eigenvalue weighted by Gasteiger charge is -2.14. The highest BCUT2D eigenvalue weighted by atomic mass is 19.2. The van der Waals surface area contributed by atoms with Gasteiger partial charge in [0.2, 0.25) is 0 Å². The number of nitrogens with zero attached hydrogens (tertiary/aromatic N) is 1. The molecule has 16 heavy (non-hydrogen) atoms. The molecule has 1 aromatic rings. The van der Waals surface area contributed by atoms with Crippen LogP contribution in [-0.4, -0.2) is 6.04 Å². The van der Waals surface area contributed by atoms with Gasteiger partial charge in [0.1, 0.15) is 6.07 Å². The number of hydrogen-bond donors (Lipinski definition) is 1. The Kier molecular flexibility index (Phi) is 2.86. The summed E-state index contributed by atoms with van der Waals surface area (Å²) in [6.45, 7) is 0. The fourth-order valence-electron chi connectivity index (χ4n) is 1.70. The Morgan fingerprint density at radius 1 is 1.19 bits per heavy atom. The van der Waals surface area contributed by atoms with E-state index in [0.717, 1.165) is 12.8 Å². The van der Waals surface area contributed by atoms with Crippen LogP contribution in [0.4, 0.5) is 14.5 Å². The predicted molar refractivity (Wildman–Crippen MR) is 56.9 cm³/mol. The van der Waals surface area contributed by atoms with Crippen molar-refractivity contribution in [2.75, 3.05) is 5.32 Å². The van der Waals surface area contributed by atoms with Crippen LogP contribution in [-0.2, 0) is 0 Å². The van der Waals surface area contributed by atoms with Gasteiger partial charge >= 0.3 is 0 Å². The van der Waals surface area contributed by atoms with Gasteiger partial charge in [-0.05, 0) is 25.0 Å². The van der Waals surface area contributed by atoms with Crippen LogP contribution in [0.25, 0.3) is 0 Å². The van der Waals surface area contributed by atoms with Crippen LogP contribution in [0.1, 0.15) is 18.4 Å². The lowest BCUT2D eigenvalue weighted by molar-refractivity contribution is 0.507. The molecule has 2 rings (SSSR count). The van der Waals surface area contributed by atoms with Crippen molar-refractivity contribution in [2.45, 2.75) is 18.9 Å². The molecule has 0 atom stereocenters. The van der Waals surface area contributed by atoms with Crippen molar-refractivity contribution in [3.8, 4) is 6.07 Å². The average Bonchev–Trinajstić information content (AvgIpc) is 2.78. The number of halogens is 2. The zero-order valence-electron chi connectivity index (χ0n) is 8.50. The summed E-state index contributed by atoms with van der Waals surface area (Å²) >= 11 is 0. The minimum Gasteiger partial charge on any atom is -0.379 e. The van der Waals surface area contributed by atoms with Gasteiger partial charge in [0.25, 0.3) is 0 Å². The average molecular weight is 220 g/mol. The van der Waals surface area contributed by atoms with Gasteiger partial charge in [-0.25, -0.2) is 8.78 Å². The van der Waals surface area contributed by atoms with Crippen molar-refractivity contribution >= 4 is 5.69 Å². The smallest absolute Gasteiger partial charge is 0.183 e. The normalized spacial score (nSPS) is 15.1. The summed E-state index contributed by atoms with van der Waals surface area (Å²) in [5.41, 5.74) is -0.155. The van der Waals surface area contributed by atoms with Gasteiger partial charge < -0.3 is 5.32 Å². The molecule has 0 radical (unpaired) electrons. The fourth-order valence-corrected chi connectivity index (χ4v) is 1.70. The summed E-state index contributed by atoms with van der Waals surface area (Å²) in [6.07, 6.45) is 5.60. The molecule has 0 unspecified atom stereocenters. The Balaban J connectivity index is 2.22. The Bertz CT molecular complexity index is 467. The van der Waals surface area contributed by atoms with Crippen LogP contribution in [0.2, 0.25) is 0 Å². The summed E-state index contributed by atoms with van der Waals surface area (Å²) in [5, 5.41) is 11.4. The van der Waals surface area contributed by atoms with E-state index >= 15 is 0 Å². The van der Waals surface area contributed by atoms with Gasteiger partial charge in [0.15, 0.2) is 11.6 Å². The molecule has 0 saturated carbocycles. The van der Waals surface area contributed by atoms with E-state index in [4.69, 9.17) is 5.26 Å². The van der Waals surface area contributed by atoms with Crippen LogP contribution >= 0.6 is 0 Å². The first-order valence-corrected chi connectivity index (χ1v) is 5.02. The number of nitriles is 1. The third kappa shape index (κ3) is 1.89. The van der Waals surface area contributed by atoms with Gasteiger partial charge in [-0.15, -0.1) is 0 Å². The van der Waals surface area contributed by atoms with E-state index in [1.165, 1.54) is 12.1 Å². The van der Waals surface area contributed by atoms with Crippen molar-refractivity contribution in [1.82, 2.24) is 0 Å². The SMILES string of the molecule is N#Cc1ccc(NC2CC=CC2)c(F)c1F. The number of anilines is 1. The van der Waals surface area contributed by atoms with E-state index in [1.807, 2.05) is 12.2 Å². The third-order valence-corrected chi connectivity index (χ3v) is 2.57. The van der Waals surface area contributed by atoms with Crippen molar-refractivity contribution in [3.05, 3.63) is 41.5 Å². The number of hydrogen-bond acceptors (Lipinski definition) is 2. The van der Waals surface area contributed by atoms with Gasteiger partial charge in [-0.2, -0.15) is 5.26 Å². The lowest BCUT2D eigenvalue weighted by atomic mass is 10.1. The Hall–Kier alpha value is -1.89. The highest BCUT2D eigenvalue weighted by Gasteiger charge is 2.16. The van der Waals surface area contributed by atoms with E-state index in [-0.39, 0.29) is 17.3 Å². The second-order valence-corrected chi connectivity index (χ2v) is 3.68. The highest BCUT2D eigenvalue weighted by Crippen LogP contribution is 2.23. The minimum atomic E-state index is -1.08. The molecule has 0 saturated heterocycles. The predicted octanol–water partition coefficient (Wildman–Crippen LogP) is 2.97. The molecule has 1 N–H and O–H groups in total. The van der Waals surface area contributed by atoms with E-state index in [1.54, 1.807) is 6.07 Å². The van der Waals surface area contributed by atoms with Gasteiger partial charge in [-0.3, -0.25) is 0 Å². The fraction of sp³-hybridized carbons (Fsp3) is 0.250. The topological polar surface area (TPSA) is 35.8 Å². The number of benzene rings is 1. The maximum Gasteiger partial charge on any atom is 0.183 e. The summed E-state index contributed by atoms with van der Waals surface area (Å²) in [4.78, 5) is 0. The van der Waals surface area contributed by atoms with E-state index in [2.05, 4.69) is 5.32 Å². The molecule has 0 amide bonds. The first-order valence-electron chi connectivity index (χ1n) is 5.02. The van der Waals surface area contributed by atoms with Crippen molar-refractivity contribution in [2.24, 2.45) is 0 Å². The number of nitrogens with one attached hydrogen (secondary N) is 1. The molecule has 0 heterocycles. The van der Waals surface area contributed by atoms with Crippen LogP contribution in [0.5, 0.6) is 0 Å². The zero-order valence-corrected chi connectivity index (χ0v) is 8.50. The molecule has 1 aromatic carbocycles. The molecular weight excluding hydrogens is 210 g/mol. The maximum atomic E-state index is 13.5. The molecular formula is C12H10F2N2. The molecule has 0 aromatic heterocycles. The van der Waals surface area contributed by atoms with E-state index in [9.17, 15) is 8.78 Å². The lowest BCUT2D eigenvalue weighted by Crippen LogP contribution is -2.16. The molecule has 82 valence electrons. The minimum absolute atomic E-state index is 0.113. The molecule has 2 nitrogen and oxygen atoms in total. The summed E-state index contributed by atoms with van der Waals surface area (Å²) < 4.78 is 26.8. The molecule has 0 bridgehead atoms. The molecule has 4 heteroatoms. The monoisotopic (exact) mass is 220 g/mol. The van der Waals surface area contributed by atoms with E-state index < -0.39 is 11.6 Å². The van der Waals surface area contributed by atoms with Crippen molar-refractivity contribution < 1.29 is 8.78 Å². The van der Waals surface area contributed by atoms with Gasteiger partial charge in [-0.1, -0.05) is 12.2 Å². The Morgan fingerprint density at radius 3 is 2.50 bits per heavy atom. The van der Waals surface area contributed by atoms with Crippen LogP contribution < -0.4 is 5.32 Å². The molecule has 0 fully saturated rings. The molecule has 0 spiro atoms. The summed E-state index contributed by atoms with van der Waals surface area (Å²) in [7, 11) is 0. The first-order chi connectivity index (χ1) is 7.72. The zero-order chi connectivity index (χ0) is 11.5. The highest BCUT2D eigenvalue weighted by molar-refractivity contribution is 5.50. The molecule has 1 aliphatic carbocycles. The van der Waals surface area contributed by atoms with Gasteiger partial charge in [0.05, 0.1) is 11.3 Å². The Labute approximate surface area is 92.2 Å². The van der Waals surface area contributed by atoms with Crippen LogP contribution in [0.3, 0.4) is 0 Å². The van der Waals surface area contributed by atoms with Crippen molar-refractivity contribution in [3.63, 3.8) is 0 Å². The maximum absolute atomic E-state index is 13.5. The Morgan fingerprint density at radius 2 is 1.88 bits per heavy atom. The third-order valence-electron chi connectivity index (χ3n) is 2.57. The van der Waals surface area contributed by atoms with Crippen LogP contribution in [0.15, 0.2) is 24.3 Å². The number of rotatable bonds is 2. The summed E-state index contributed by atoms with van der Waals surface area (Å²) in [6, 6.07) is 4.39. The standard InChI is InChI=1S/C12H10F2N2/c13-11-8(7-15)5-6-10(12(11)14)16-9-3-1-2-4-9/h1-2,5-6,9,16H,3-4H2. The van der Waals surface area contributed by atoms with Gasteiger partial charge in [0, 0.05) is 6.04 Å². The second-order valence-electron chi connectivity index (χ2n) is 3.68. The first kappa shape index (κ1) is 10.6. The summed E-state index contributed by atoms with van der Waals surface area (Å²) in [5.74, 6) is -2.07. The second kappa shape index (κ2) is 4.31. The van der Waals surface area contributed by atoms with E-state index in [0.29, 0.717) is 0 Å². The van der Waals surface area contributed by atoms with Crippen molar-refractivity contribution in [1.29, 1.82) is 5.26 Å². The molecule has 0 aliphatic heterocycles.